The molecule has 0 unspecified atom stereocenters. The highest BCUT2D eigenvalue weighted by atomic mass is 32.2. The van der Waals surface area contributed by atoms with Crippen molar-refractivity contribution in [3.8, 4) is 0 Å². The third kappa shape index (κ3) is 6.21. The first-order chi connectivity index (χ1) is 15.4. The average Bonchev–Trinajstić information content (AvgIpc) is 3.36. The van der Waals surface area contributed by atoms with Gasteiger partial charge in [0.1, 0.15) is 6.54 Å². The van der Waals surface area contributed by atoms with Gasteiger partial charge < -0.3 is 14.6 Å². The monoisotopic (exact) mass is 495 g/mol. The minimum Gasteiger partial charge on any atom is -0.465 e. The van der Waals surface area contributed by atoms with Gasteiger partial charge in [-0.2, -0.15) is 4.99 Å². The largest absolute Gasteiger partial charge is 0.465 e. The molecule has 0 spiro atoms. The van der Waals surface area contributed by atoms with E-state index in [9.17, 15) is 24.5 Å². The van der Waals surface area contributed by atoms with Crippen LogP contribution in [0.4, 0.5) is 10.8 Å². The Balaban J connectivity index is 1.76. The summed E-state index contributed by atoms with van der Waals surface area (Å²) in [7, 11) is 0. The number of aromatic nitrogens is 2. The lowest BCUT2D eigenvalue weighted by atomic mass is 10.3. The molecule has 168 valence electrons. The molecule has 0 aliphatic heterocycles. The Morgan fingerprint density at radius 1 is 1.34 bits per heavy atom. The first kappa shape index (κ1) is 23.6. The highest BCUT2D eigenvalue weighted by Crippen LogP contribution is 2.23. The summed E-state index contributed by atoms with van der Waals surface area (Å²) in [6, 6.07) is 4.19. The van der Waals surface area contributed by atoms with Gasteiger partial charge in [0.25, 0.3) is 11.6 Å². The zero-order valence-corrected chi connectivity index (χ0v) is 19.1. The molecule has 14 heteroatoms. The molecule has 0 saturated carbocycles. The Bertz CT molecular complexity index is 1220. The van der Waals surface area contributed by atoms with Crippen LogP contribution in [0.1, 0.15) is 6.92 Å². The number of carbonyl (C=O) groups is 3. The number of non-ortho nitro benzene ring substituents is 1. The SMILES string of the molecule is CCOC(=O)Cn1c(=NC(=O)CSCC(=O)Nc2nccs2)sc2cc([N+](=O)[O-])ccc21. The maximum Gasteiger partial charge on any atom is 0.326 e. The average molecular weight is 496 g/mol. The van der Waals surface area contributed by atoms with E-state index >= 15 is 0 Å². The first-order valence-corrected chi connectivity index (χ1v) is 12.0. The second-order valence-corrected chi connectivity index (χ2v) is 8.96. The number of hydrogen-bond donors (Lipinski definition) is 1. The zero-order chi connectivity index (χ0) is 23.1. The van der Waals surface area contributed by atoms with E-state index < -0.39 is 16.8 Å². The number of fused-ring (bicyclic) bond motifs is 1. The Kier molecular flexibility index (Phi) is 8.08. The highest BCUT2D eigenvalue weighted by molar-refractivity contribution is 8.00. The van der Waals surface area contributed by atoms with Crippen molar-refractivity contribution in [1.29, 1.82) is 0 Å². The molecular formula is C18H17N5O6S3. The molecule has 2 aromatic heterocycles. The van der Waals surface area contributed by atoms with E-state index in [0.717, 1.165) is 23.1 Å². The summed E-state index contributed by atoms with van der Waals surface area (Å²) in [5.74, 6) is -1.32. The van der Waals surface area contributed by atoms with Crippen LogP contribution < -0.4 is 10.1 Å². The molecule has 0 fully saturated rings. The Morgan fingerprint density at radius 3 is 2.84 bits per heavy atom. The molecule has 0 saturated heterocycles. The normalized spacial score (nSPS) is 11.5. The van der Waals surface area contributed by atoms with Crippen molar-refractivity contribution < 1.29 is 24.0 Å². The zero-order valence-electron chi connectivity index (χ0n) is 16.7. The molecule has 1 aromatic carbocycles. The van der Waals surface area contributed by atoms with Gasteiger partial charge in [0.05, 0.1) is 33.3 Å². The number of nitro groups is 1. The van der Waals surface area contributed by atoms with Gasteiger partial charge in [-0.1, -0.05) is 11.3 Å². The van der Waals surface area contributed by atoms with Crippen molar-refractivity contribution in [1.82, 2.24) is 9.55 Å². The fourth-order valence-electron chi connectivity index (χ4n) is 2.56. The van der Waals surface area contributed by atoms with Crippen LogP contribution in [0.5, 0.6) is 0 Å². The second-order valence-electron chi connectivity index (χ2n) is 6.07. The van der Waals surface area contributed by atoms with Gasteiger partial charge in [0.2, 0.25) is 5.91 Å². The first-order valence-electron chi connectivity index (χ1n) is 9.15. The quantitative estimate of drug-likeness (QED) is 0.271. The molecule has 0 atom stereocenters. The van der Waals surface area contributed by atoms with Gasteiger partial charge in [-0.15, -0.1) is 23.1 Å². The molecule has 1 N–H and O–H groups in total. The number of nitro benzene ring substituents is 1. The number of benzene rings is 1. The van der Waals surface area contributed by atoms with Crippen molar-refractivity contribution in [3.63, 3.8) is 0 Å². The summed E-state index contributed by atoms with van der Waals surface area (Å²) in [4.78, 5) is 55.0. The van der Waals surface area contributed by atoms with Crippen LogP contribution in [0.3, 0.4) is 0 Å². The van der Waals surface area contributed by atoms with Crippen molar-refractivity contribution in [2.24, 2.45) is 4.99 Å². The lowest BCUT2D eigenvalue weighted by Gasteiger charge is -2.05. The van der Waals surface area contributed by atoms with Crippen LogP contribution in [0, 0.1) is 10.1 Å². The predicted molar refractivity (Wildman–Crippen MR) is 122 cm³/mol. The fourth-order valence-corrected chi connectivity index (χ4v) is 4.78. The van der Waals surface area contributed by atoms with Gasteiger partial charge in [0.15, 0.2) is 9.93 Å². The van der Waals surface area contributed by atoms with Gasteiger partial charge in [-0.3, -0.25) is 24.5 Å². The Labute approximate surface area is 193 Å². The van der Waals surface area contributed by atoms with Crippen LogP contribution in [0.25, 0.3) is 10.2 Å². The van der Waals surface area contributed by atoms with Crippen molar-refractivity contribution in [2.45, 2.75) is 13.5 Å². The molecule has 32 heavy (non-hydrogen) atoms. The van der Waals surface area contributed by atoms with E-state index in [1.807, 2.05) is 0 Å². The van der Waals surface area contributed by atoms with E-state index in [0.29, 0.717) is 15.3 Å². The van der Waals surface area contributed by atoms with Crippen molar-refractivity contribution in [3.05, 3.63) is 44.7 Å². The number of nitrogens with zero attached hydrogens (tertiary/aromatic N) is 4. The Morgan fingerprint density at radius 2 is 2.16 bits per heavy atom. The van der Waals surface area contributed by atoms with Gasteiger partial charge in [0, 0.05) is 23.7 Å². The lowest BCUT2D eigenvalue weighted by molar-refractivity contribution is -0.384. The molecule has 3 aromatic rings. The molecule has 0 aliphatic carbocycles. The van der Waals surface area contributed by atoms with E-state index in [-0.39, 0.29) is 41.1 Å². The molecule has 0 radical (unpaired) electrons. The molecule has 2 heterocycles. The highest BCUT2D eigenvalue weighted by Gasteiger charge is 2.15. The van der Waals surface area contributed by atoms with E-state index in [2.05, 4.69) is 15.3 Å². The number of esters is 1. The number of rotatable bonds is 9. The number of anilines is 1. The van der Waals surface area contributed by atoms with Crippen molar-refractivity contribution >= 4 is 73.3 Å². The van der Waals surface area contributed by atoms with E-state index in [1.165, 1.54) is 34.1 Å². The minimum absolute atomic E-state index is 0.0439. The summed E-state index contributed by atoms with van der Waals surface area (Å²) in [5, 5.41) is 15.9. The van der Waals surface area contributed by atoms with E-state index in [1.54, 1.807) is 18.5 Å². The van der Waals surface area contributed by atoms with Crippen molar-refractivity contribution in [2.75, 3.05) is 23.4 Å². The lowest BCUT2D eigenvalue weighted by Crippen LogP contribution is -2.23. The number of nitrogens with one attached hydrogen (secondary N) is 1. The third-order valence-electron chi connectivity index (χ3n) is 3.83. The second kappa shape index (κ2) is 11.0. The summed E-state index contributed by atoms with van der Waals surface area (Å²) in [5.41, 5.74) is 0.414. The summed E-state index contributed by atoms with van der Waals surface area (Å²) < 4.78 is 6.97. The molecule has 0 bridgehead atoms. The van der Waals surface area contributed by atoms with Crippen LogP contribution in [0.15, 0.2) is 34.8 Å². The fraction of sp³-hybridized carbons (Fsp3) is 0.278. The molecule has 0 aliphatic rings. The van der Waals surface area contributed by atoms with Gasteiger partial charge >= 0.3 is 5.97 Å². The number of amides is 2. The van der Waals surface area contributed by atoms with Gasteiger partial charge in [-0.05, 0) is 13.0 Å². The van der Waals surface area contributed by atoms with Crippen LogP contribution in [0.2, 0.25) is 0 Å². The van der Waals surface area contributed by atoms with Crippen LogP contribution in [-0.2, 0) is 25.7 Å². The molecular weight excluding hydrogens is 478 g/mol. The number of thiazole rings is 2. The van der Waals surface area contributed by atoms with E-state index in [4.69, 9.17) is 4.74 Å². The third-order valence-corrected chi connectivity index (χ3v) is 6.47. The smallest absolute Gasteiger partial charge is 0.326 e. The topological polar surface area (TPSA) is 146 Å². The number of hydrogen-bond acceptors (Lipinski definition) is 10. The summed E-state index contributed by atoms with van der Waals surface area (Å²) >= 11 is 3.43. The maximum atomic E-state index is 12.4. The standard InChI is InChI=1S/C18H17N5O6S3/c1-2-29-16(26)8-22-12-4-3-11(23(27)28)7-13(12)32-18(22)21-15(25)10-30-9-14(24)20-17-19-5-6-31-17/h3-7H,2,8-10H2,1H3,(H,19,20,24). The van der Waals surface area contributed by atoms with Crippen LogP contribution in [-0.4, -0.2) is 50.4 Å². The number of carbonyl (C=O) groups excluding carboxylic acids is 3. The molecule has 3 rings (SSSR count). The predicted octanol–water partition coefficient (Wildman–Crippen LogP) is 2.43. The number of thioether (sulfide) groups is 1. The molecule has 2 amide bonds. The minimum atomic E-state index is -0.524. The molecule has 11 nitrogen and oxygen atoms in total. The number of ether oxygens (including phenoxy) is 1. The summed E-state index contributed by atoms with van der Waals surface area (Å²) in [6.45, 7) is 1.67. The Hall–Kier alpha value is -3.10. The maximum absolute atomic E-state index is 12.4. The van der Waals surface area contributed by atoms with Gasteiger partial charge in [-0.25, -0.2) is 4.98 Å². The van der Waals surface area contributed by atoms with Crippen LogP contribution >= 0.6 is 34.4 Å². The summed E-state index contributed by atoms with van der Waals surface area (Å²) in [6.07, 6.45) is 1.57.